The van der Waals surface area contributed by atoms with Crippen molar-refractivity contribution in [1.82, 2.24) is 0 Å². The van der Waals surface area contributed by atoms with Gasteiger partial charge in [0.25, 0.3) is 8.32 Å². The number of benzene rings is 1. The predicted octanol–water partition coefficient (Wildman–Crippen LogP) is 3.81. The van der Waals surface area contributed by atoms with Crippen LogP contribution in [0.5, 0.6) is 0 Å². The molecule has 1 aromatic carbocycles. The minimum Gasteiger partial charge on any atom is -0.516 e. The van der Waals surface area contributed by atoms with Crippen molar-refractivity contribution in [2.45, 2.75) is 45.8 Å². The molecule has 0 atom stereocenters. The fourth-order valence-corrected chi connectivity index (χ4v) is 2.28. The Balaban J connectivity index is 3.02. The van der Waals surface area contributed by atoms with Gasteiger partial charge in [-0.3, -0.25) is 4.79 Å². The van der Waals surface area contributed by atoms with Gasteiger partial charge in [0.15, 0.2) is 0 Å². The topological polar surface area (TPSA) is 55.4 Å². The maximum Gasteiger partial charge on any atom is 0.326 e. The van der Waals surface area contributed by atoms with E-state index >= 15 is 0 Å². The molecule has 0 radical (unpaired) electrons. The molecule has 0 aliphatic carbocycles. The molecule has 0 spiro atoms. The maximum absolute atomic E-state index is 12.4. The summed E-state index contributed by atoms with van der Waals surface area (Å²) in [5.41, 5.74) is 0.885. The molecule has 20 heavy (non-hydrogen) atoms. The number of carbonyl (C=O) groups excluding carboxylic acids is 2. The van der Waals surface area contributed by atoms with E-state index in [2.05, 4.69) is 26.1 Å². The molecule has 0 saturated heterocycles. The second-order valence-electron chi connectivity index (χ2n) is 6.38. The van der Waals surface area contributed by atoms with E-state index in [0.29, 0.717) is 11.3 Å². The quantitative estimate of drug-likeness (QED) is 0.862. The number of amides is 1. The van der Waals surface area contributed by atoms with Gasteiger partial charge in [-0.05, 0) is 30.3 Å². The number of nitrogens with one attached hydrogen (secondary N) is 1. The molecule has 110 valence electrons. The van der Waals surface area contributed by atoms with Crippen LogP contribution in [0.2, 0.25) is 18.1 Å². The Morgan fingerprint density at radius 1 is 1.15 bits per heavy atom. The fourth-order valence-electron chi connectivity index (χ4n) is 1.40. The lowest BCUT2D eigenvalue weighted by molar-refractivity contribution is -0.114. The van der Waals surface area contributed by atoms with Crippen molar-refractivity contribution in [2.24, 2.45) is 0 Å². The molecule has 4 nitrogen and oxygen atoms in total. The first-order chi connectivity index (χ1) is 9.04. The first-order valence-corrected chi connectivity index (χ1v) is 9.55. The Morgan fingerprint density at radius 3 is 2.20 bits per heavy atom. The zero-order valence-electron chi connectivity index (χ0n) is 13.0. The van der Waals surface area contributed by atoms with Crippen molar-refractivity contribution in [1.29, 1.82) is 0 Å². The number of para-hydroxylation sites is 1. The van der Waals surface area contributed by atoms with Gasteiger partial charge >= 0.3 is 5.97 Å². The fraction of sp³-hybridized carbons (Fsp3) is 0.467. The summed E-state index contributed by atoms with van der Waals surface area (Å²) in [6.07, 6.45) is 0. The van der Waals surface area contributed by atoms with Gasteiger partial charge in [-0.15, -0.1) is 0 Å². The molecule has 5 heteroatoms. The van der Waals surface area contributed by atoms with Crippen LogP contribution in [0.3, 0.4) is 0 Å². The maximum atomic E-state index is 12.4. The van der Waals surface area contributed by atoms with Crippen molar-refractivity contribution in [3.05, 3.63) is 29.8 Å². The number of carbonyl (C=O) groups is 2. The monoisotopic (exact) mass is 293 g/mol. The molecule has 0 heterocycles. The van der Waals surface area contributed by atoms with Crippen molar-refractivity contribution in [3.8, 4) is 0 Å². The zero-order valence-corrected chi connectivity index (χ0v) is 14.0. The molecule has 0 saturated carbocycles. The largest absolute Gasteiger partial charge is 0.516 e. The van der Waals surface area contributed by atoms with E-state index in [1.165, 1.54) is 6.92 Å². The average molecular weight is 293 g/mol. The van der Waals surface area contributed by atoms with E-state index in [9.17, 15) is 9.59 Å². The summed E-state index contributed by atoms with van der Waals surface area (Å²) in [5.74, 6) is -0.585. The number of hydrogen-bond donors (Lipinski definition) is 1. The Hall–Kier alpha value is -1.62. The van der Waals surface area contributed by atoms with Gasteiger partial charge < -0.3 is 9.74 Å². The molecule has 0 aromatic heterocycles. The summed E-state index contributed by atoms with van der Waals surface area (Å²) in [4.78, 5) is 23.5. The number of rotatable bonds is 3. The zero-order chi connectivity index (χ0) is 15.6. The van der Waals surface area contributed by atoms with Crippen LogP contribution in [0.15, 0.2) is 24.3 Å². The van der Waals surface area contributed by atoms with Gasteiger partial charge in [0.2, 0.25) is 5.91 Å². The Morgan fingerprint density at radius 2 is 1.70 bits per heavy atom. The predicted molar refractivity (Wildman–Crippen MR) is 83.4 cm³/mol. The first-order valence-electron chi connectivity index (χ1n) is 6.64. The summed E-state index contributed by atoms with van der Waals surface area (Å²) in [5, 5.41) is 2.60. The van der Waals surface area contributed by atoms with Gasteiger partial charge in [0.1, 0.15) is 0 Å². The second-order valence-corrected chi connectivity index (χ2v) is 11.1. The normalized spacial score (nSPS) is 11.9. The summed E-state index contributed by atoms with van der Waals surface area (Å²) >= 11 is 0. The van der Waals surface area contributed by atoms with E-state index in [1.807, 2.05) is 13.1 Å². The van der Waals surface area contributed by atoms with Crippen LogP contribution in [-0.4, -0.2) is 20.2 Å². The van der Waals surface area contributed by atoms with Crippen LogP contribution in [0.1, 0.15) is 38.1 Å². The SMILES string of the molecule is CC(=O)Nc1ccccc1C(=O)O[Si](C)(C)C(C)(C)C. The Labute approximate surface area is 121 Å². The summed E-state index contributed by atoms with van der Waals surface area (Å²) < 4.78 is 5.76. The van der Waals surface area contributed by atoms with Crippen LogP contribution < -0.4 is 5.32 Å². The Bertz CT molecular complexity index is 518. The van der Waals surface area contributed by atoms with Gasteiger partial charge in [-0.2, -0.15) is 0 Å². The third-order valence-corrected chi connectivity index (χ3v) is 7.92. The highest BCUT2D eigenvalue weighted by Crippen LogP contribution is 2.37. The lowest BCUT2D eigenvalue weighted by Crippen LogP contribution is -2.42. The van der Waals surface area contributed by atoms with Crippen LogP contribution in [0, 0.1) is 0 Å². The van der Waals surface area contributed by atoms with E-state index in [0.717, 1.165) is 0 Å². The average Bonchev–Trinajstić information content (AvgIpc) is 2.26. The van der Waals surface area contributed by atoms with E-state index in [-0.39, 0.29) is 16.9 Å². The molecule has 0 aliphatic heterocycles. The molecule has 1 amide bonds. The summed E-state index contributed by atoms with van der Waals surface area (Å²) in [6.45, 7) is 11.7. The standard InChI is InChI=1S/C15H23NO3Si/c1-11(17)16-13-10-8-7-9-12(13)14(18)19-20(5,6)15(2,3)4/h7-10H,1-6H3,(H,16,17). The summed E-state index contributed by atoms with van der Waals surface area (Å²) in [7, 11) is -2.18. The lowest BCUT2D eigenvalue weighted by Gasteiger charge is -2.35. The second kappa shape index (κ2) is 5.79. The van der Waals surface area contributed by atoms with E-state index < -0.39 is 8.32 Å². The number of hydrogen-bond acceptors (Lipinski definition) is 3. The minimum atomic E-state index is -2.18. The van der Waals surface area contributed by atoms with Crippen LogP contribution in [0.25, 0.3) is 0 Å². The molecular weight excluding hydrogens is 270 g/mol. The lowest BCUT2D eigenvalue weighted by atomic mass is 10.2. The van der Waals surface area contributed by atoms with E-state index in [4.69, 9.17) is 4.43 Å². The van der Waals surface area contributed by atoms with Crippen molar-refractivity contribution in [2.75, 3.05) is 5.32 Å². The minimum absolute atomic E-state index is 0.0500. The van der Waals surface area contributed by atoms with Gasteiger partial charge in [0.05, 0.1) is 11.3 Å². The number of anilines is 1. The molecule has 1 N–H and O–H groups in total. The third-order valence-electron chi connectivity index (χ3n) is 3.61. The highest BCUT2D eigenvalue weighted by Gasteiger charge is 2.40. The van der Waals surface area contributed by atoms with Crippen LogP contribution in [0.4, 0.5) is 5.69 Å². The van der Waals surface area contributed by atoms with E-state index in [1.54, 1.807) is 24.3 Å². The van der Waals surface area contributed by atoms with Gasteiger partial charge in [-0.25, -0.2) is 4.79 Å². The van der Waals surface area contributed by atoms with Crippen molar-refractivity contribution < 1.29 is 14.0 Å². The molecule has 0 fully saturated rings. The van der Waals surface area contributed by atoms with Crippen LogP contribution in [-0.2, 0) is 9.22 Å². The third kappa shape index (κ3) is 3.93. The molecule has 0 unspecified atom stereocenters. The highest BCUT2D eigenvalue weighted by molar-refractivity contribution is 6.75. The van der Waals surface area contributed by atoms with Crippen molar-refractivity contribution in [3.63, 3.8) is 0 Å². The van der Waals surface area contributed by atoms with Gasteiger partial charge in [-0.1, -0.05) is 32.9 Å². The smallest absolute Gasteiger partial charge is 0.326 e. The van der Waals surface area contributed by atoms with Crippen LogP contribution >= 0.6 is 0 Å². The van der Waals surface area contributed by atoms with Gasteiger partial charge in [0, 0.05) is 6.92 Å². The summed E-state index contributed by atoms with van der Waals surface area (Å²) in [6, 6.07) is 6.90. The Kier molecular flexibility index (Phi) is 4.75. The molecule has 0 bridgehead atoms. The molecule has 1 aromatic rings. The molecule has 1 rings (SSSR count). The van der Waals surface area contributed by atoms with Crippen molar-refractivity contribution >= 4 is 25.9 Å². The first kappa shape index (κ1) is 16.4. The highest BCUT2D eigenvalue weighted by atomic mass is 28.4. The molecular formula is C15H23NO3Si. The molecule has 0 aliphatic rings.